The molecular weight excluding hydrogens is 270 g/mol. The third-order valence-corrected chi connectivity index (χ3v) is 3.34. The standard InChI is InChI=1S/C12H14BrNO2/c1-16-11-6-10(7-11)14-12(15)8-3-2-4-9(13)5-8/h2-5,10-11H,6-7H2,1H3,(H,14,15). The summed E-state index contributed by atoms with van der Waals surface area (Å²) in [5.74, 6) is -0.0131. The molecule has 0 radical (unpaired) electrons. The van der Waals surface area contributed by atoms with Crippen LogP contribution < -0.4 is 5.32 Å². The van der Waals surface area contributed by atoms with Crippen molar-refractivity contribution >= 4 is 21.8 Å². The van der Waals surface area contributed by atoms with Gasteiger partial charge < -0.3 is 10.1 Å². The van der Waals surface area contributed by atoms with Crippen LogP contribution in [0.2, 0.25) is 0 Å². The molecule has 4 heteroatoms. The quantitative estimate of drug-likeness (QED) is 0.925. The van der Waals surface area contributed by atoms with Gasteiger partial charge in [0.1, 0.15) is 0 Å². The number of carbonyl (C=O) groups is 1. The van der Waals surface area contributed by atoms with Crippen molar-refractivity contribution in [1.29, 1.82) is 0 Å². The Labute approximate surface area is 103 Å². The minimum absolute atomic E-state index is 0.0131. The number of amides is 1. The summed E-state index contributed by atoms with van der Waals surface area (Å²) in [7, 11) is 1.71. The Morgan fingerprint density at radius 2 is 2.25 bits per heavy atom. The van der Waals surface area contributed by atoms with Crippen molar-refractivity contribution < 1.29 is 9.53 Å². The topological polar surface area (TPSA) is 38.3 Å². The molecule has 1 aliphatic rings. The van der Waals surface area contributed by atoms with Gasteiger partial charge in [-0.3, -0.25) is 4.79 Å². The van der Waals surface area contributed by atoms with E-state index in [2.05, 4.69) is 21.2 Å². The molecule has 0 saturated heterocycles. The van der Waals surface area contributed by atoms with Gasteiger partial charge in [0.2, 0.25) is 0 Å². The minimum atomic E-state index is -0.0131. The molecule has 3 nitrogen and oxygen atoms in total. The summed E-state index contributed by atoms with van der Waals surface area (Å²) in [6, 6.07) is 7.66. The van der Waals surface area contributed by atoms with Gasteiger partial charge in [-0.05, 0) is 31.0 Å². The second kappa shape index (κ2) is 4.97. The zero-order valence-electron chi connectivity index (χ0n) is 9.07. The van der Waals surface area contributed by atoms with E-state index in [4.69, 9.17) is 4.74 Å². The van der Waals surface area contributed by atoms with Crippen LogP contribution in [0.4, 0.5) is 0 Å². The fourth-order valence-corrected chi connectivity index (χ4v) is 2.17. The van der Waals surface area contributed by atoms with Gasteiger partial charge in [-0.1, -0.05) is 22.0 Å². The maximum atomic E-state index is 11.8. The summed E-state index contributed by atoms with van der Waals surface area (Å²) < 4.78 is 6.08. The van der Waals surface area contributed by atoms with Crippen molar-refractivity contribution in [3.8, 4) is 0 Å². The van der Waals surface area contributed by atoms with Crippen molar-refractivity contribution in [2.45, 2.75) is 25.0 Å². The summed E-state index contributed by atoms with van der Waals surface area (Å²) in [5.41, 5.74) is 0.690. The van der Waals surface area contributed by atoms with Gasteiger partial charge in [0, 0.05) is 23.2 Å². The number of methoxy groups -OCH3 is 1. The molecule has 0 aromatic heterocycles. The monoisotopic (exact) mass is 283 g/mol. The summed E-state index contributed by atoms with van der Waals surface area (Å²) in [5, 5.41) is 2.98. The van der Waals surface area contributed by atoms with Gasteiger partial charge in [0.05, 0.1) is 6.10 Å². The lowest BCUT2D eigenvalue weighted by Gasteiger charge is -2.34. The summed E-state index contributed by atoms with van der Waals surface area (Å²) in [6.45, 7) is 0. The number of halogens is 1. The number of rotatable bonds is 3. The molecule has 0 bridgehead atoms. The molecule has 1 aromatic rings. The van der Waals surface area contributed by atoms with E-state index < -0.39 is 0 Å². The summed E-state index contributed by atoms with van der Waals surface area (Å²) >= 11 is 3.35. The average Bonchev–Trinajstić information content (AvgIpc) is 2.22. The molecule has 2 rings (SSSR count). The van der Waals surface area contributed by atoms with Crippen LogP contribution in [-0.2, 0) is 4.74 Å². The van der Waals surface area contributed by atoms with Gasteiger partial charge in [0.25, 0.3) is 5.91 Å². The molecule has 0 heterocycles. The first-order chi connectivity index (χ1) is 7.69. The fraction of sp³-hybridized carbons (Fsp3) is 0.417. The highest BCUT2D eigenvalue weighted by atomic mass is 79.9. The SMILES string of the molecule is COC1CC(NC(=O)c2cccc(Br)c2)C1. The molecule has 1 aliphatic carbocycles. The fourth-order valence-electron chi connectivity index (χ4n) is 1.77. The Morgan fingerprint density at radius 1 is 1.50 bits per heavy atom. The van der Waals surface area contributed by atoms with E-state index >= 15 is 0 Å². The van der Waals surface area contributed by atoms with Crippen LogP contribution >= 0.6 is 15.9 Å². The molecular formula is C12H14BrNO2. The van der Waals surface area contributed by atoms with Gasteiger partial charge in [-0.15, -0.1) is 0 Å². The van der Waals surface area contributed by atoms with Crippen LogP contribution in [0.5, 0.6) is 0 Å². The van der Waals surface area contributed by atoms with Crippen LogP contribution in [-0.4, -0.2) is 25.2 Å². The van der Waals surface area contributed by atoms with Crippen LogP contribution in [0.15, 0.2) is 28.7 Å². The Bertz CT molecular complexity index is 388. The summed E-state index contributed by atoms with van der Waals surface area (Å²) in [6.07, 6.45) is 2.14. The number of carbonyl (C=O) groups excluding carboxylic acids is 1. The molecule has 0 unspecified atom stereocenters. The van der Waals surface area contributed by atoms with Crippen molar-refractivity contribution in [3.05, 3.63) is 34.3 Å². The first-order valence-corrected chi connectivity index (χ1v) is 6.07. The lowest BCUT2D eigenvalue weighted by molar-refractivity contribution is 0.0176. The van der Waals surface area contributed by atoms with E-state index in [1.807, 2.05) is 24.3 Å². The first-order valence-electron chi connectivity index (χ1n) is 5.28. The number of hydrogen-bond acceptors (Lipinski definition) is 2. The van der Waals surface area contributed by atoms with Crippen molar-refractivity contribution in [3.63, 3.8) is 0 Å². The van der Waals surface area contributed by atoms with Crippen molar-refractivity contribution in [2.75, 3.05) is 7.11 Å². The van der Waals surface area contributed by atoms with Gasteiger partial charge in [0.15, 0.2) is 0 Å². The van der Waals surface area contributed by atoms with Crippen LogP contribution in [0.1, 0.15) is 23.2 Å². The molecule has 1 saturated carbocycles. The maximum Gasteiger partial charge on any atom is 0.251 e. The van der Waals surface area contributed by atoms with E-state index in [9.17, 15) is 4.79 Å². The van der Waals surface area contributed by atoms with E-state index in [-0.39, 0.29) is 11.9 Å². The third-order valence-electron chi connectivity index (χ3n) is 2.85. The Hall–Kier alpha value is -0.870. The predicted octanol–water partition coefficient (Wildman–Crippen LogP) is 2.36. The van der Waals surface area contributed by atoms with E-state index in [0.717, 1.165) is 17.3 Å². The molecule has 1 aromatic carbocycles. The van der Waals surface area contributed by atoms with Crippen LogP contribution in [0.3, 0.4) is 0 Å². The number of nitrogens with one attached hydrogen (secondary N) is 1. The lowest BCUT2D eigenvalue weighted by atomic mass is 9.89. The second-order valence-electron chi connectivity index (χ2n) is 4.01. The van der Waals surface area contributed by atoms with Crippen LogP contribution in [0, 0.1) is 0 Å². The lowest BCUT2D eigenvalue weighted by Crippen LogP contribution is -2.47. The second-order valence-corrected chi connectivity index (χ2v) is 4.93. The highest BCUT2D eigenvalue weighted by molar-refractivity contribution is 9.10. The molecule has 1 N–H and O–H groups in total. The minimum Gasteiger partial charge on any atom is -0.381 e. The van der Waals surface area contributed by atoms with Gasteiger partial charge in [-0.2, -0.15) is 0 Å². The summed E-state index contributed by atoms with van der Waals surface area (Å²) in [4.78, 5) is 11.8. The first kappa shape index (κ1) is 11.6. The predicted molar refractivity (Wildman–Crippen MR) is 65.4 cm³/mol. The van der Waals surface area contributed by atoms with Crippen molar-refractivity contribution in [1.82, 2.24) is 5.32 Å². The Kier molecular flexibility index (Phi) is 3.61. The zero-order valence-corrected chi connectivity index (χ0v) is 10.7. The third kappa shape index (κ3) is 2.62. The largest absolute Gasteiger partial charge is 0.381 e. The molecule has 1 fully saturated rings. The van der Waals surface area contributed by atoms with Crippen LogP contribution in [0.25, 0.3) is 0 Å². The van der Waals surface area contributed by atoms with Gasteiger partial charge in [-0.25, -0.2) is 0 Å². The highest BCUT2D eigenvalue weighted by Crippen LogP contribution is 2.23. The smallest absolute Gasteiger partial charge is 0.251 e. The molecule has 16 heavy (non-hydrogen) atoms. The average molecular weight is 284 g/mol. The van der Waals surface area contributed by atoms with Crippen molar-refractivity contribution in [2.24, 2.45) is 0 Å². The maximum absolute atomic E-state index is 11.8. The molecule has 86 valence electrons. The molecule has 1 amide bonds. The van der Waals surface area contributed by atoms with E-state index in [0.29, 0.717) is 11.7 Å². The zero-order chi connectivity index (χ0) is 11.5. The normalized spacial score (nSPS) is 23.6. The number of hydrogen-bond donors (Lipinski definition) is 1. The highest BCUT2D eigenvalue weighted by Gasteiger charge is 2.30. The molecule has 0 aliphatic heterocycles. The van der Waals surface area contributed by atoms with E-state index in [1.54, 1.807) is 7.11 Å². The molecule has 0 spiro atoms. The Morgan fingerprint density at radius 3 is 2.88 bits per heavy atom. The Balaban J connectivity index is 1.89. The van der Waals surface area contributed by atoms with E-state index in [1.165, 1.54) is 0 Å². The molecule has 0 atom stereocenters. The van der Waals surface area contributed by atoms with Gasteiger partial charge >= 0.3 is 0 Å². The number of ether oxygens (including phenoxy) is 1. The number of benzene rings is 1.